The normalized spacial score (nSPS) is 15.4. The quantitative estimate of drug-likeness (QED) is 0.740. The number of pyridine rings is 1. The maximum absolute atomic E-state index is 12.8. The van der Waals surface area contributed by atoms with Crippen molar-refractivity contribution in [1.82, 2.24) is 19.7 Å². The molecule has 0 atom stereocenters. The summed E-state index contributed by atoms with van der Waals surface area (Å²) in [5.74, 6) is -0.719. The summed E-state index contributed by atoms with van der Waals surface area (Å²) in [5, 5.41) is 0. The average molecular weight is 294 g/mol. The minimum absolute atomic E-state index is 0.0653. The summed E-state index contributed by atoms with van der Waals surface area (Å²) >= 11 is 0. The summed E-state index contributed by atoms with van der Waals surface area (Å²) in [6.45, 7) is 2.38. The lowest BCUT2D eigenvalue weighted by molar-refractivity contribution is -0.133. The Morgan fingerprint density at radius 1 is 1.19 bits per heavy atom. The van der Waals surface area contributed by atoms with Crippen molar-refractivity contribution in [3.05, 3.63) is 29.8 Å². The zero-order chi connectivity index (χ0) is 15.4. The van der Waals surface area contributed by atoms with E-state index in [4.69, 9.17) is 0 Å². The van der Waals surface area contributed by atoms with Crippen LogP contribution < -0.4 is 0 Å². The predicted octanol–water partition coefficient (Wildman–Crippen LogP) is 0.0667. The molecule has 0 bridgehead atoms. The van der Waals surface area contributed by atoms with Crippen LogP contribution in [0.3, 0.4) is 0 Å². The fourth-order valence-electron chi connectivity index (χ4n) is 2.21. The number of halogens is 1. The number of carbonyl (C=O) groups is 2. The first kappa shape index (κ1) is 15.4. The first-order chi connectivity index (χ1) is 9.97. The Labute approximate surface area is 123 Å². The lowest BCUT2D eigenvalue weighted by atomic mass is 10.2. The molecular weight excluding hydrogens is 275 g/mol. The molecule has 0 radical (unpaired) electrons. The van der Waals surface area contributed by atoms with E-state index < -0.39 is 5.95 Å². The fourth-order valence-corrected chi connectivity index (χ4v) is 2.21. The highest BCUT2D eigenvalue weighted by Gasteiger charge is 2.25. The Bertz CT molecular complexity index is 510. The first-order valence-electron chi connectivity index (χ1n) is 6.80. The van der Waals surface area contributed by atoms with Crippen LogP contribution in [0.2, 0.25) is 0 Å². The minimum atomic E-state index is -0.606. The van der Waals surface area contributed by atoms with Crippen LogP contribution in [-0.2, 0) is 4.79 Å². The van der Waals surface area contributed by atoms with Crippen molar-refractivity contribution in [2.45, 2.75) is 0 Å². The van der Waals surface area contributed by atoms with Gasteiger partial charge in [0.2, 0.25) is 11.9 Å². The predicted molar refractivity (Wildman–Crippen MR) is 75.2 cm³/mol. The van der Waals surface area contributed by atoms with Gasteiger partial charge in [-0.25, -0.2) is 4.98 Å². The molecule has 1 fully saturated rings. The van der Waals surface area contributed by atoms with Gasteiger partial charge in [-0.1, -0.05) is 0 Å². The summed E-state index contributed by atoms with van der Waals surface area (Å²) in [4.78, 5) is 32.9. The molecule has 1 aromatic heterocycles. The van der Waals surface area contributed by atoms with Crippen molar-refractivity contribution in [1.29, 1.82) is 0 Å². The molecule has 0 N–H and O–H groups in total. The van der Waals surface area contributed by atoms with Gasteiger partial charge in [0.05, 0.1) is 12.1 Å². The highest BCUT2D eigenvalue weighted by Crippen LogP contribution is 2.09. The van der Waals surface area contributed by atoms with Crippen LogP contribution in [-0.4, -0.2) is 78.3 Å². The van der Waals surface area contributed by atoms with E-state index >= 15 is 0 Å². The highest BCUT2D eigenvalue weighted by atomic mass is 19.1. The summed E-state index contributed by atoms with van der Waals surface area (Å²) in [6, 6.07) is 2.60. The molecule has 7 heteroatoms. The van der Waals surface area contributed by atoms with Crippen molar-refractivity contribution < 1.29 is 14.0 Å². The molecule has 114 valence electrons. The van der Waals surface area contributed by atoms with Crippen molar-refractivity contribution in [2.24, 2.45) is 0 Å². The van der Waals surface area contributed by atoms with Gasteiger partial charge in [-0.15, -0.1) is 0 Å². The molecule has 2 amide bonds. The second-order valence-electron chi connectivity index (χ2n) is 5.28. The molecule has 21 heavy (non-hydrogen) atoms. The zero-order valence-electron chi connectivity index (χ0n) is 12.3. The number of hydrogen-bond donors (Lipinski definition) is 0. The van der Waals surface area contributed by atoms with E-state index in [1.54, 1.807) is 9.80 Å². The van der Waals surface area contributed by atoms with Crippen LogP contribution in [0.5, 0.6) is 0 Å². The topological polar surface area (TPSA) is 56.8 Å². The molecule has 1 aliphatic heterocycles. The van der Waals surface area contributed by atoms with Gasteiger partial charge in [0.15, 0.2) is 0 Å². The van der Waals surface area contributed by atoms with E-state index in [1.165, 1.54) is 18.3 Å². The SMILES string of the molecule is CN(C)CC(=O)N1CCN(C(=O)c2ccc(F)nc2)CC1. The van der Waals surface area contributed by atoms with E-state index in [9.17, 15) is 14.0 Å². The number of amides is 2. The molecule has 0 aromatic carbocycles. The Hall–Kier alpha value is -2.02. The third-order valence-electron chi connectivity index (χ3n) is 3.35. The number of rotatable bonds is 3. The van der Waals surface area contributed by atoms with Gasteiger partial charge in [0, 0.05) is 32.4 Å². The lowest BCUT2D eigenvalue weighted by Crippen LogP contribution is -2.52. The van der Waals surface area contributed by atoms with E-state index in [1.807, 2.05) is 19.0 Å². The van der Waals surface area contributed by atoms with Gasteiger partial charge in [0.25, 0.3) is 5.91 Å². The molecule has 0 spiro atoms. The number of likely N-dealkylation sites (N-methyl/N-ethyl adjacent to an activating group) is 1. The van der Waals surface area contributed by atoms with E-state index in [2.05, 4.69) is 4.98 Å². The Morgan fingerprint density at radius 2 is 1.81 bits per heavy atom. The molecule has 2 rings (SSSR count). The number of nitrogens with zero attached hydrogens (tertiary/aromatic N) is 4. The minimum Gasteiger partial charge on any atom is -0.338 e. The van der Waals surface area contributed by atoms with Crippen LogP contribution in [0, 0.1) is 5.95 Å². The van der Waals surface area contributed by atoms with Gasteiger partial charge in [-0.2, -0.15) is 4.39 Å². The van der Waals surface area contributed by atoms with Crippen LogP contribution in [0.15, 0.2) is 18.3 Å². The van der Waals surface area contributed by atoms with Crippen LogP contribution >= 0.6 is 0 Å². The van der Waals surface area contributed by atoms with Crippen LogP contribution in [0.4, 0.5) is 4.39 Å². The average Bonchev–Trinajstić information content (AvgIpc) is 2.47. The molecule has 0 aliphatic carbocycles. The van der Waals surface area contributed by atoms with Crippen LogP contribution in [0.1, 0.15) is 10.4 Å². The van der Waals surface area contributed by atoms with E-state index in [0.717, 1.165) is 0 Å². The van der Waals surface area contributed by atoms with Crippen molar-refractivity contribution >= 4 is 11.8 Å². The standard InChI is InChI=1S/C14H19FN4O2/c1-17(2)10-13(20)18-5-7-19(8-6-18)14(21)11-3-4-12(15)16-9-11/h3-4,9H,5-8,10H2,1-2H3. The Morgan fingerprint density at radius 3 is 2.33 bits per heavy atom. The van der Waals surface area contributed by atoms with Gasteiger partial charge < -0.3 is 14.7 Å². The molecule has 1 aliphatic rings. The Kier molecular flexibility index (Phi) is 4.85. The molecule has 0 unspecified atom stereocenters. The van der Waals surface area contributed by atoms with Crippen molar-refractivity contribution in [3.63, 3.8) is 0 Å². The first-order valence-corrected chi connectivity index (χ1v) is 6.80. The molecular formula is C14H19FN4O2. The molecule has 2 heterocycles. The summed E-state index contributed by atoms with van der Waals surface area (Å²) < 4.78 is 12.8. The second kappa shape index (κ2) is 6.62. The van der Waals surface area contributed by atoms with Gasteiger partial charge >= 0.3 is 0 Å². The number of carbonyl (C=O) groups excluding carboxylic acids is 2. The van der Waals surface area contributed by atoms with Crippen LogP contribution in [0.25, 0.3) is 0 Å². The van der Waals surface area contributed by atoms with Gasteiger partial charge in [-0.3, -0.25) is 9.59 Å². The highest BCUT2D eigenvalue weighted by molar-refractivity contribution is 5.94. The van der Waals surface area contributed by atoms with Gasteiger partial charge in [-0.05, 0) is 26.2 Å². The molecule has 6 nitrogen and oxygen atoms in total. The monoisotopic (exact) mass is 294 g/mol. The smallest absolute Gasteiger partial charge is 0.255 e. The number of aromatic nitrogens is 1. The maximum Gasteiger partial charge on any atom is 0.255 e. The van der Waals surface area contributed by atoms with Crippen molar-refractivity contribution in [2.75, 3.05) is 46.8 Å². The largest absolute Gasteiger partial charge is 0.338 e. The molecule has 1 saturated heterocycles. The summed E-state index contributed by atoms with van der Waals surface area (Å²) in [7, 11) is 3.69. The van der Waals surface area contributed by atoms with E-state index in [-0.39, 0.29) is 11.8 Å². The summed E-state index contributed by atoms with van der Waals surface area (Å²) in [5.41, 5.74) is 0.365. The fraction of sp³-hybridized carbons (Fsp3) is 0.500. The summed E-state index contributed by atoms with van der Waals surface area (Å²) in [6.07, 6.45) is 1.24. The lowest BCUT2D eigenvalue weighted by Gasteiger charge is -2.35. The van der Waals surface area contributed by atoms with Gasteiger partial charge in [0.1, 0.15) is 0 Å². The third kappa shape index (κ3) is 3.98. The number of piperazine rings is 1. The Balaban J connectivity index is 1.90. The van der Waals surface area contributed by atoms with E-state index in [0.29, 0.717) is 38.3 Å². The zero-order valence-corrected chi connectivity index (χ0v) is 12.3. The molecule has 1 aromatic rings. The molecule has 0 saturated carbocycles. The maximum atomic E-state index is 12.8. The second-order valence-corrected chi connectivity index (χ2v) is 5.28. The van der Waals surface area contributed by atoms with Crippen molar-refractivity contribution in [3.8, 4) is 0 Å². The third-order valence-corrected chi connectivity index (χ3v) is 3.35. The number of hydrogen-bond acceptors (Lipinski definition) is 4.